The van der Waals surface area contributed by atoms with Gasteiger partial charge >= 0.3 is 0 Å². The second-order valence-corrected chi connectivity index (χ2v) is 6.67. The maximum atomic E-state index is 12.2. The molecule has 6 nitrogen and oxygen atoms in total. The molecule has 18 heavy (non-hydrogen) atoms. The maximum absolute atomic E-state index is 12.2. The Morgan fingerprint density at radius 1 is 1.61 bits per heavy atom. The summed E-state index contributed by atoms with van der Waals surface area (Å²) >= 11 is 10.7. The van der Waals surface area contributed by atoms with E-state index in [9.17, 15) is 8.42 Å². The summed E-state index contributed by atoms with van der Waals surface area (Å²) in [7, 11) is -2.32. The smallest absolute Gasteiger partial charge is 0.259 e. The highest BCUT2D eigenvalue weighted by atomic mass is 35.5. The van der Waals surface area contributed by atoms with E-state index in [1.807, 2.05) is 13.8 Å². The molecule has 1 aromatic rings. The van der Waals surface area contributed by atoms with Crippen LogP contribution in [0.15, 0.2) is 11.2 Å². The number of nitrogens with one attached hydrogen (secondary N) is 1. The van der Waals surface area contributed by atoms with Crippen LogP contribution in [0, 0.1) is 5.92 Å². The number of rotatable bonds is 5. The lowest BCUT2D eigenvalue weighted by atomic mass is 10.1. The standard InChI is InChI=1S/C9H15ClN4O2S2/c1-5(2)7(8(11)17)13-18(15,16)9-6(10)4-12-14(9)3/h4-5,7,13H,1-3H3,(H2,11,17). The van der Waals surface area contributed by atoms with E-state index in [2.05, 4.69) is 9.82 Å². The van der Waals surface area contributed by atoms with Gasteiger partial charge in [-0.25, -0.2) is 8.42 Å². The summed E-state index contributed by atoms with van der Waals surface area (Å²) in [5, 5.41) is 3.73. The minimum atomic E-state index is -3.82. The molecule has 0 fully saturated rings. The number of halogens is 1. The number of hydrogen-bond donors (Lipinski definition) is 2. The molecular weight excluding hydrogens is 296 g/mol. The molecule has 1 unspecified atom stereocenters. The van der Waals surface area contributed by atoms with E-state index in [1.165, 1.54) is 17.9 Å². The first-order valence-corrected chi connectivity index (χ1v) is 7.43. The largest absolute Gasteiger partial charge is 0.392 e. The number of aryl methyl sites for hydroxylation is 1. The van der Waals surface area contributed by atoms with Crippen molar-refractivity contribution in [2.45, 2.75) is 24.9 Å². The monoisotopic (exact) mass is 310 g/mol. The Kier molecular flexibility index (Phi) is 4.71. The fourth-order valence-corrected chi connectivity index (χ4v) is 3.87. The summed E-state index contributed by atoms with van der Waals surface area (Å²) in [5.74, 6) is -0.0655. The van der Waals surface area contributed by atoms with Gasteiger partial charge in [0.2, 0.25) is 0 Å². The fourth-order valence-electron chi connectivity index (χ4n) is 1.45. The van der Waals surface area contributed by atoms with Crippen LogP contribution in [0.2, 0.25) is 5.02 Å². The van der Waals surface area contributed by atoms with Crippen molar-refractivity contribution in [1.29, 1.82) is 0 Å². The lowest BCUT2D eigenvalue weighted by molar-refractivity contribution is 0.518. The third kappa shape index (κ3) is 3.19. The van der Waals surface area contributed by atoms with Crippen molar-refractivity contribution in [3.05, 3.63) is 11.2 Å². The molecule has 0 aliphatic rings. The molecule has 0 saturated heterocycles. The van der Waals surface area contributed by atoms with Crippen molar-refractivity contribution >= 4 is 38.8 Å². The van der Waals surface area contributed by atoms with Crippen LogP contribution in [-0.2, 0) is 17.1 Å². The molecule has 0 spiro atoms. The zero-order chi connectivity index (χ0) is 14.1. The predicted molar refractivity (Wildman–Crippen MR) is 74.0 cm³/mol. The van der Waals surface area contributed by atoms with Crippen LogP contribution in [0.25, 0.3) is 0 Å². The second-order valence-electron chi connectivity index (χ2n) is 4.17. The summed E-state index contributed by atoms with van der Waals surface area (Å²) < 4.78 is 28.0. The van der Waals surface area contributed by atoms with Crippen molar-refractivity contribution in [2.24, 2.45) is 18.7 Å². The molecule has 0 aliphatic heterocycles. The second kappa shape index (κ2) is 5.52. The van der Waals surface area contributed by atoms with Crippen molar-refractivity contribution in [2.75, 3.05) is 0 Å². The van der Waals surface area contributed by atoms with Gasteiger partial charge in [0.15, 0.2) is 5.03 Å². The van der Waals surface area contributed by atoms with Crippen molar-refractivity contribution < 1.29 is 8.42 Å². The number of sulfonamides is 1. The molecular formula is C9H15ClN4O2S2. The summed E-state index contributed by atoms with van der Waals surface area (Å²) in [6.45, 7) is 3.63. The van der Waals surface area contributed by atoms with E-state index in [-0.39, 0.29) is 21.0 Å². The van der Waals surface area contributed by atoms with Crippen molar-refractivity contribution in [3.63, 3.8) is 0 Å². The molecule has 1 aromatic heterocycles. The SMILES string of the molecule is CC(C)C(NS(=O)(=O)c1c(Cl)cnn1C)C(N)=S. The Labute approximate surface area is 117 Å². The summed E-state index contributed by atoms with van der Waals surface area (Å²) in [4.78, 5) is 0.0897. The van der Waals surface area contributed by atoms with Crippen LogP contribution in [0.5, 0.6) is 0 Å². The molecule has 0 aliphatic carbocycles. The first-order chi connectivity index (χ1) is 8.16. The topological polar surface area (TPSA) is 90.0 Å². The van der Waals surface area contributed by atoms with Gasteiger partial charge in [-0.15, -0.1) is 0 Å². The van der Waals surface area contributed by atoms with E-state index in [0.717, 1.165) is 0 Å². The highest BCUT2D eigenvalue weighted by molar-refractivity contribution is 7.89. The van der Waals surface area contributed by atoms with Crippen LogP contribution >= 0.6 is 23.8 Å². The molecule has 9 heteroatoms. The quantitative estimate of drug-likeness (QED) is 0.780. The van der Waals surface area contributed by atoms with Crippen LogP contribution in [0.4, 0.5) is 0 Å². The van der Waals surface area contributed by atoms with Crippen molar-refractivity contribution in [1.82, 2.24) is 14.5 Å². The van der Waals surface area contributed by atoms with E-state index in [4.69, 9.17) is 29.6 Å². The number of nitrogens with zero attached hydrogens (tertiary/aromatic N) is 2. The third-order valence-electron chi connectivity index (χ3n) is 2.35. The lowest BCUT2D eigenvalue weighted by Crippen LogP contribution is -2.47. The molecule has 0 bridgehead atoms. The first-order valence-electron chi connectivity index (χ1n) is 5.16. The normalized spacial score (nSPS) is 13.8. The van der Waals surface area contributed by atoms with Gasteiger partial charge in [0, 0.05) is 7.05 Å². The third-order valence-corrected chi connectivity index (χ3v) is 4.55. The molecule has 0 amide bonds. The Balaban J connectivity index is 3.13. The van der Waals surface area contributed by atoms with Gasteiger partial charge in [-0.1, -0.05) is 37.7 Å². The van der Waals surface area contributed by atoms with E-state index in [1.54, 1.807) is 0 Å². The van der Waals surface area contributed by atoms with E-state index < -0.39 is 16.1 Å². The molecule has 3 N–H and O–H groups in total. The summed E-state index contributed by atoms with van der Waals surface area (Å²) in [5.41, 5.74) is 5.52. The van der Waals surface area contributed by atoms with Gasteiger partial charge in [0.25, 0.3) is 10.0 Å². The molecule has 102 valence electrons. The van der Waals surface area contributed by atoms with Crippen LogP contribution in [0.3, 0.4) is 0 Å². The average molecular weight is 311 g/mol. The first kappa shape index (κ1) is 15.4. The molecule has 0 saturated carbocycles. The molecule has 1 heterocycles. The lowest BCUT2D eigenvalue weighted by Gasteiger charge is -2.20. The molecule has 0 aromatic carbocycles. The van der Waals surface area contributed by atoms with E-state index in [0.29, 0.717) is 0 Å². The summed E-state index contributed by atoms with van der Waals surface area (Å²) in [6, 6.07) is -0.629. The fraction of sp³-hybridized carbons (Fsp3) is 0.556. The van der Waals surface area contributed by atoms with Gasteiger partial charge in [-0.2, -0.15) is 9.82 Å². The average Bonchev–Trinajstić information content (AvgIpc) is 2.54. The Bertz CT molecular complexity index is 533. The highest BCUT2D eigenvalue weighted by Crippen LogP contribution is 2.20. The maximum Gasteiger partial charge on any atom is 0.259 e. The Morgan fingerprint density at radius 3 is 2.50 bits per heavy atom. The number of thiocarbonyl (C=S) groups is 1. The predicted octanol–water partition coefficient (Wildman–Crippen LogP) is 0.662. The van der Waals surface area contributed by atoms with Crippen LogP contribution < -0.4 is 10.5 Å². The van der Waals surface area contributed by atoms with Crippen LogP contribution in [0.1, 0.15) is 13.8 Å². The highest BCUT2D eigenvalue weighted by Gasteiger charge is 2.28. The van der Waals surface area contributed by atoms with Gasteiger partial charge < -0.3 is 5.73 Å². The van der Waals surface area contributed by atoms with Crippen LogP contribution in [-0.4, -0.2) is 29.2 Å². The molecule has 1 atom stereocenters. The summed E-state index contributed by atoms with van der Waals surface area (Å²) in [6.07, 6.45) is 1.27. The zero-order valence-electron chi connectivity index (χ0n) is 10.2. The van der Waals surface area contributed by atoms with Gasteiger partial charge in [-0.05, 0) is 5.92 Å². The Morgan fingerprint density at radius 2 is 2.17 bits per heavy atom. The minimum absolute atomic E-state index is 0.0513. The van der Waals surface area contributed by atoms with Gasteiger partial charge in [0.05, 0.1) is 22.2 Å². The van der Waals surface area contributed by atoms with Crippen molar-refractivity contribution in [3.8, 4) is 0 Å². The molecule has 0 radical (unpaired) electrons. The number of nitrogens with two attached hydrogens (primary N) is 1. The minimum Gasteiger partial charge on any atom is -0.392 e. The number of hydrogen-bond acceptors (Lipinski definition) is 4. The van der Waals surface area contributed by atoms with Gasteiger partial charge in [-0.3, -0.25) is 4.68 Å². The Hall–Kier alpha value is -0.700. The number of aromatic nitrogens is 2. The van der Waals surface area contributed by atoms with E-state index >= 15 is 0 Å². The zero-order valence-corrected chi connectivity index (χ0v) is 12.6. The molecule has 1 rings (SSSR count). The van der Waals surface area contributed by atoms with Gasteiger partial charge in [0.1, 0.15) is 0 Å².